The van der Waals surface area contributed by atoms with Gasteiger partial charge in [-0.15, -0.1) is 11.6 Å². The number of rotatable bonds is 1. The van der Waals surface area contributed by atoms with Gasteiger partial charge >= 0.3 is 0 Å². The summed E-state index contributed by atoms with van der Waals surface area (Å²) in [6.07, 6.45) is 5.49. The molecule has 0 aliphatic heterocycles. The topological polar surface area (TPSA) is 0 Å². The van der Waals surface area contributed by atoms with Crippen LogP contribution in [0.3, 0.4) is 0 Å². The second kappa shape index (κ2) is 3.68. The molecule has 58 valence electrons. The molecule has 1 aliphatic carbocycles. The van der Waals surface area contributed by atoms with Crippen LogP contribution < -0.4 is 0 Å². The zero-order valence-electron chi connectivity index (χ0n) is 6.27. The Kier molecular flexibility index (Phi) is 3.12. The summed E-state index contributed by atoms with van der Waals surface area (Å²) in [5, 5.41) is 0.989. The van der Waals surface area contributed by atoms with Gasteiger partial charge in [0.05, 0.1) is 0 Å². The molecule has 0 radical (unpaired) electrons. The van der Waals surface area contributed by atoms with Gasteiger partial charge in [0.1, 0.15) is 0 Å². The van der Waals surface area contributed by atoms with Crippen molar-refractivity contribution in [2.24, 2.45) is 0 Å². The number of alkyl halides is 1. The number of hydrogen-bond donors (Lipinski definition) is 0. The van der Waals surface area contributed by atoms with Crippen molar-refractivity contribution in [3.63, 3.8) is 0 Å². The summed E-state index contributed by atoms with van der Waals surface area (Å²) in [6, 6.07) is 0. The molecular formula is C8H13ClS. The van der Waals surface area contributed by atoms with E-state index >= 15 is 0 Å². The summed E-state index contributed by atoms with van der Waals surface area (Å²) in [6.45, 7) is 3.97. The lowest BCUT2D eigenvalue weighted by atomic mass is 9.95. The Bertz CT molecular complexity index is 133. The summed E-state index contributed by atoms with van der Waals surface area (Å²) in [5.41, 5.74) is 1.37. The van der Waals surface area contributed by atoms with Gasteiger partial charge in [-0.25, -0.2) is 0 Å². The van der Waals surface area contributed by atoms with E-state index in [9.17, 15) is 0 Å². The van der Waals surface area contributed by atoms with Crippen molar-refractivity contribution in [1.29, 1.82) is 0 Å². The highest BCUT2D eigenvalue weighted by atomic mass is 35.5. The molecule has 0 aromatic carbocycles. The van der Waals surface area contributed by atoms with Crippen LogP contribution in [-0.4, -0.2) is 16.9 Å². The number of allylic oxidation sites excluding steroid dienone is 1. The van der Waals surface area contributed by atoms with Gasteiger partial charge in [0.15, 0.2) is 0 Å². The minimum atomic E-state index is 0.375. The Hall–Kier alpha value is 0.380. The Morgan fingerprint density at radius 1 is 1.70 bits per heavy atom. The second-order valence-electron chi connectivity index (χ2n) is 2.78. The highest BCUT2D eigenvalue weighted by molar-refractivity contribution is 7.99. The molecule has 10 heavy (non-hydrogen) atoms. The molecule has 0 nitrogen and oxygen atoms in total. The van der Waals surface area contributed by atoms with Crippen LogP contribution in [0.15, 0.2) is 12.2 Å². The second-order valence-corrected chi connectivity index (χ2v) is 4.42. The van der Waals surface area contributed by atoms with Crippen molar-refractivity contribution in [1.82, 2.24) is 0 Å². The first kappa shape index (κ1) is 8.48. The van der Waals surface area contributed by atoms with Crippen LogP contribution in [0.5, 0.6) is 0 Å². The van der Waals surface area contributed by atoms with E-state index in [-0.39, 0.29) is 0 Å². The standard InChI is InChI=1S/C8H13ClS/c1-6-3-4-7(9)8(5-6)10-2/h7-8H,1,3-5H2,2H3. The van der Waals surface area contributed by atoms with Crippen LogP contribution in [0.25, 0.3) is 0 Å². The van der Waals surface area contributed by atoms with E-state index in [4.69, 9.17) is 11.6 Å². The molecule has 0 aromatic rings. The van der Waals surface area contributed by atoms with E-state index in [0.29, 0.717) is 10.6 Å². The van der Waals surface area contributed by atoms with Gasteiger partial charge in [-0.1, -0.05) is 12.2 Å². The molecule has 2 heteroatoms. The normalized spacial score (nSPS) is 34.4. The first-order valence-electron chi connectivity index (χ1n) is 3.57. The highest BCUT2D eigenvalue weighted by Crippen LogP contribution is 2.32. The Morgan fingerprint density at radius 3 is 2.90 bits per heavy atom. The number of halogens is 1. The third-order valence-corrected chi connectivity index (χ3v) is 3.74. The van der Waals surface area contributed by atoms with Gasteiger partial charge in [-0.3, -0.25) is 0 Å². The minimum Gasteiger partial charge on any atom is -0.160 e. The van der Waals surface area contributed by atoms with Crippen LogP contribution in [0.1, 0.15) is 19.3 Å². The van der Waals surface area contributed by atoms with Crippen molar-refractivity contribution in [2.45, 2.75) is 29.9 Å². The van der Waals surface area contributed by atoms with Crippen molar-refractivity contribution < 1.29 is 0 Å². The molecule has 2 unspecified atom stereocenters. The number of hydrogen-bond acceptors (Lipinski definition) is 1. The fourth-order valence-electron chi connectivity index (χ4n) is 1.27. The molecular weight excluding hydrogens is 164 g/mol. The predicted octanol–water partition coefficient (Wildman–Crippen LogP) is 3.07. The average molecular weight is 177 g/mol. The van der Waals surface area contributed by atoms with E-state index < -0.39 is 0 Å². The lowest BCUT2D eigenvalue weighted by Gasteiger charge is -2.26. The predicted molar refractivity (Wildman–Crippen MR) is 49.9 cm³/mol. The van der Waals surface area contributed by atoms with Gasteiger partial charge in [0.2, 0.25) is 0 Å². The Balaban J connectivity index is 2.45. The molecule has 1 aliphatic rings. The first-order valence-corrected chi connectivity index (χ1v) is 5.30. The van der Waals surface area contributed by atoms with Crippen molar-refractivity contribution in [3.05, 3.63) is 12.2 Å². The zero-order chi connectivity index (χ0) is 7.56. The average Bonchev–Trinajstić information content (AvgIpc) is 1.94. The van der Waals surface area contributed by atoms with Crippen LogP contribution in [0, 0.1) is 0 Å². The summed E-state index contributed by atoms with van der Waals surface area (Å²) < 4.78 is 0. The third-order valence-electron chi connectivity index (χ3n) is 1.97. The lowest BCUT2D eigenvalue weighted by Crippen LogP contribution is -2.22. The fourth-order valence-corrected chi connectivity index (χ4v) is 2.61. The van der Waals surface area contributed by atoms with Crippen LogP contribution >= 0.6 is 23.4 Å². The van der Waals surface area contributed by atoms with Gasteiger partial charge in [-0.2, -0.15) is 11.8 Å². The smallest absolute Gasteiger partial charge is 0.0460 e. The monoisotopic (exact) mass is 176 g/mol. The largest absolute Gasteiger partial charge is 0.160 e. The molecule has 1 fully saturated rings. The SMILES string of the molecule is C=C1CCC(Cl)C(SC)C1. The maximum absolute atomic E-state index is 6.09. The van der Waals surface area contributed by atoms with E-state index in [1.54, 1.807) is 0 Å². The Morgan fingerprint density at radius 2 is 2.40 bits per heavy atom. The molecule has 0 bridgehead atoms. The van der Waals surface area contributed by atoms with E-state index in [0.717, 1.165) is 19.3 Å². The van der Waals surface area contributed by atoms with Crippen molar-refractivity contribution >= 4 is 23.4 Å². The summed E-state index contributed by atoms with van der Waals surface area (Å²) >= 11 is 7.95. The fraction of sp³-hybridized carbons (Fsp3) is 0.750. The number of thioether (sulfide) groups is 1. The molecule has 0 aromatic heterocycles. The molecule has 1 rings (SSSR count). The van der Waals surface area contributed by atoms with Crippen molar-refractivity contribution in [3.8, 4) is 0 Å². The van der Waals surface area contributed by atoms with E-state index in [1.165, 1.54) is 5.57 Å². The third kappa shape index (κ3) is 1.93. The van der Waals surface area contributed by atoms with E-state index in [1.807, 2.05) is 11.8 Å². The van der Waals surface area contributed by atoms with Crippen LogP contribution in [0.2, 0.25) is 0 Å². The van der Waals surface area contributed by atoms with Crippen molar-refractivity contribution in [2.75, 3.05) is 6.26 Å². The molecule has 0 saturated heterocycles. The highest BCUT2D eigenvalue weighted by Gasteiger charge is 2.23. The maximum atomic E-state index is 6.09. The first-order chi connectivity index (χ1) is 4.74. The molecule has 1 saturated carbocycles. The van der Waals surface area contributed by atoms with Gasteiger partial charge < -0.3 is 0 Å². The Labute approximate surface area is 72.0 Å². The van der Waals surface area contributed by atoms with Gasteiger partial charge in [0, 0.05) is 10.6 Å². The molecule has 0 N–H and O–H groups in total. The van der Waals surface area contributed by atoms with Gasteiger partial charge in [-0.05, 0) is 25.5 Å². The van der Waals surface area contributed by atoms with E-state index in [2.05, 4.69) is 12.8 Å². The van der Waals surface area contributed by atoms with Gasteiger partial charge in [0.25, 0.3) is 0 Å². The molecule has 0 spiro atoms. The van der Waals surface area contributed by atoms with Crippen LogP contribution in [-0.2, 0) is 0 Å². The summed E-state index contributed by atoms with van der Waals surface area (Å²) in [5.74, 6) is 0. The minimum absolute atomic E-state index is 0.375. The zero-order valence-corrected chi connectivity index (χ0v) is 7.84. The lowest BCUT2D eigenvalue weighted by molar-refractivity contribution is 0.624. The summed E-state index contributed by atoms with van der Waals surface area (Å²) in [4.78, 5) is 0. The molecule has 2 atom stereocenters. The van der Waals surface area contributed by atoms with Crippen LogP contribution in [0.4, 0.5) is 0 Å². The summed E-state index contributed by atoms with van der Waals surface area (Å²) in [7, 11) is 0. The molecule has 0 heterocycles. The quantitative estimate of drug-likeness (QED) is 0.437. The molecule has 0 amide bonds. The maximum Gasteiger partial charge on any atom is 0.0460 e.